The summed E-state index contributed by atoms with van der Waals surface area (Å²) in [5.74, 6) is 0. The van der Waals surface area contributed by atoms with Crippen molar-refractivity contribution in [3.8, 4) is 0 Å². The quantitative estimate of drug-likeness (QED) is 0.537. The maximum atomic E-state index is 6.43. The Labute approximate surface area is 99.8 Å². The second-order valence-electron chi connectivity index (χ2n) is 3.81. The Morgan fingerprint density at radius 3 is 2.56 bits per heavy atom. The number of dihydropyridines is 1. The fourth-order valence-corrected chi connectivity index (χ4v) is 2.01. The highest BCUT2D eigenvalue weighted by molar-refractivity contribution is 6.26. The van der Waals surface area contributed by atoms with Crippen molar-refractivity contribution in [1.29, 1.82) is 0 Å². The smallest absolute Gasteiger partial charge is 0.158 e. The number of alkyl halides is 1. The van der Waals surface area contributed by atoms with Gasteiger partial charge in [-0.1, -0.05) is 41.9 Å². The fourth-order valence-electron chi connectivity index (χ4n) is 1.68. The molecule has 0 amide bonds. The molecule has 2 rings (SSSR count). The first-order valence-electron chi connectivity index (χ1n) is 5.04. The van der Waals surface area contributed by atoms with Gasteiger partial charge in [0.15, 0.2) is 5.00 Å². The zero-order valence-corrected chi connectivity index (χ0v) is 9.54. The number of hydrogen-bond acceptors (Lipinski definition) is 3. The topological polar surface area (TPSA) is 64.1 Å². The van der Waals surface area contributed by atoms with Gasteiger partial charge in [-0.2, -0.15) is 0 Å². The summed E-state index contributed by atoms with van der Waals surface area (Å²) in [7, 11) is 0. The van der Waals surface area contributed by atoms with E-state index >= 15 is 0 Å². The molecule has 1 aliphatic rings. The van der Waals surface area contributed by atoms with Crippen LogP contribution in [0.15, 0.2) is 54.0 Å². The second kappa shape index (κ2) is 4.10. The Morgan fingerprint density at radius 1 is 1.19 bits per heavy atom. The molecule has 1 aromatic rings. The first-order chi connectivity index (χ1) is 7.62. The van der Waals surface area contributed by atoms with Crippen molar-refractivity contribution in [2.45, 2.75) is 11.4 Å². The fraction of sp³-hybridized carbons (Fsp3) is 0.167. The summed E-state index contributed by atoms with van der Waals surface area (Å²) in [6.07, 6.45) is 4.02. The van der Waals surface area contributed by atoms with Gasteiger partial charge in [-0.15, -0.1) is 0 Å². The van der Waals surface area contributed by atoms with Gasteiger partial charge in [-0.25, -0.2) is 0 Å². The maximum absolute atomic E-state index is 6.43. The van der Waals surface area contributed by atoms with Crippen molar-refractivity contribution in [3.05, 3.63) is 59.6 Å². The van der Waals surface area contributed by atoms with Crippen molar-refractivity contribution in [2.24, 2.45) is 11.5 Å². The van der Waals surface area contributed by atoms with Gasteiger partial charge in [0.25, 0.3) is 0 Å². The average Bonchev–Trinajstić information content (AvgIpc) is 2.27. The molecule has 0 saturated carbocycles. The molecule has 0 fully saturated rings. The van der Waals surface area contributed by atoms with Gasteiger partial charge < -0.3 is 16.8 Å². The molecule has 1 unspecified atom stereocenters. The number of halogens is 1. The van der Waals surface area contributed by atoms with Crippen molar-refractivity contribution in [3.63, 3.8) is 0 Å². The molecule has 0 saturated heterocycles. The van der Waals surface area contributed by atoms with Crippen molar-refractivity contribution in [2.75, 3.05) is 0 Å². The zero-order chi connectivity index (χ0) is 11.6. The minimum atomic E-state index is -0.819. The molecule has 84 valence electrons. The van der Waals surface area contributed by atoms with Crippen LogP contribution in [0.2, 0.25) is 0 Å². The van der Waals surface area contributed by atoms with Crippen LogP contribution in [0.4, 0.5) is 0 Å². The van der Waals surface area contributed by atoms with E-state index in [9.17, 15) is 0 Å². The van der Waals surface area contributed by atoms with E-state index in [-0.39, 0.29) is 0 Å². The lowest BCUT2D eigenvalue weighted by Gasteiger charge is -2.31. The highest BCUT2D eigenvalue weighted by atomic mass is 35.5. The van der Waals surface area contributed by atoms with E-state index in [1.807, 2.05) is 30.3 Å². The van der Waals surface area contributed by atoms with Crippen LogP contribution in [0.5, 0.6) is 0 Å². The number of rotatable bonds is 2. The van der Waals surface area contributed by atoms with Crippen LogP contribution in [-0.4, -0.2) is 5.00 Å². The van der Waals surface area contributed by atoms with Crippen LogP contribution >= 0.6 is 11.6 Å². The average molecular weight is 236 g/mol. The molecule has 0 aliphatic carbocycles. The minimum absolute atomic E-state index is 0.473. The number of benzene rings is 1. The first kappa shape index (κ1) is 10.9. The molecule has 4 heteroatoms. The maximum Gasteiger partial charge on any atom is 0.158 e. The SMILES string of the molecule is NC1=C(N)C(Cl)(Cc2ccccc2)NC=C1. The van der Waals surface area contributed by atoms with Crippen LogP contribution in [0, 0.1) is 0 Å². The number of allylic oxidation sites excluding steroid dienone is 1. The van der Waals surface area contributed by atoms with Crippen LogP contribution in [0.1, 0.15) is 5.56 Å². The predicted molar refractivity (Wildman–Crippen MR) is 66.4 cm³/mol. The number of hydrogen-bond donors (Lipinski definition) is 3. The van der Waals surface area contributed by atoms with Gasteiger partial charge in [0, 0.05) is 12.6 Å². The number of nitrogens with one attached hydrogen (secondary N) is 1. The molecule has 16 heavy (non-hydrogen) atoms. The molecule has 1 aliphatic heterocycles. The summed E-state index contributed by atoms with van der Waals surface area (Å²) in [6.45, 7) is 0. The summed E-state index contributed by atoms with van der Waals surface area (Å²) in [5, 5.41) is 3.05. The Balaban J connectivity index is 2.25. The predicted octanol–water partition coefficient (Wildman–Crippen LogP) is 1.41. The second-order valence-corrected chi connectivity index (χ2v) is 4.46. The third-order valence-electron chi connectivity index (χ3n) is 2.60. The monoisotopic (exact) mass is 235 g/mol. The van der Waals surface area contributed by atoms with E-state index < -0.39 is 5.00 Å². The molecule has 0 aromatic heterocycles. The molecule has 1 atom stereocenters. The third kappa shape index (κ3) is 1.99. The first-order valence-corrected chi connectivity index (χ1v) is 5.42. The molecular formula is C12H14ClN3. The van der Waals surface area contributed by atoms with Crippen molar-refractivity contribution < 1.29 is 0 Å². The highest BCUT2D eigenvalue weighted by Gasteiger charge is 2.32. The van der Waals surface area contributed by atoms with Gasteiger partial charge in [0.05, 0.1) is 11.4 Å². The lowest BCUT2D eigenvalue weighted by molar-refractivity contribution is 0.571. The summed E-state index contributed by atoms with van der Waals surface area (Å²) in [6, 6.07) is 9.92. The lowest BCUT2D eigenvalue weighted by Crippen LogP contribution is -2.46. The Morgan fingerprint density at radius 2 is 1.88 bits per heavy atom. The minimum Gasteiger partial charge on any atom is -0.397 e. The van der Waals surface area contributed by atoms with Crippen LogP contribution < -0.4 is 16.8 Å². The van der Waals surface area contributed by atoms with E-state index in [1.54, 1.807) is 12.3 Å². The summed E-state index contributed by atoms with van der Waals surface area (Å²) < 4.78 is 0. The van der Waals surface area contributed by atoms with Gasteiger partial charge >= 0.3 is 0 Å². The van der Waals surface area contributed by atoms with Crippen LogP contribution in [0.3, 0.4) is 0 Å². The Kier molecular flexibility index (Phi) is 2.79. The molecule has 0 radical (unpaired) electrons. The largest absolute Gasteiger partial charge is 0.397 e. The Bertz CT molecular complexity index is 439. The van der Waals surface area contributed by atoms with E-state index in [4.69, 9.17) is 23.1 Å². The summed E-state index contributed by atoms with van der Waals surface area (Å²) >= 11 is 6.43. The van der Waals surface area contributed by atoms with Gasteiger partial charge in [-0.3, -0.25) is 0 Å². The molecule has 3 nitrogen and oxygen atoms in total. The normalized spacial score (nSPS) is 24.3. The van der Waals surface area contributed by atoms with E-state index in [1.165, 1.54) is 0 Å². The van der Waals surface area contributed by atoms with E-state index in [0.717, 1.165) is 5.56 Å². The summed E-state index contributed by atoms with van der Waals surface area (Å²) in [4.78, 5) is -0.819. The van der Waals surface area contributed by atoms with Crippen LogP contribution in [-0.2, 0) is 6.42 Å². The molecule has 1 heterocycles. The van der Waals surface area contributed by atoms with Crippen LogP contribution in [0.25, 0.3) is 0 Å². The van der Waals surface area contributed by atoms with Crippen molar-refractivity contribution in [1.82, 2.24) is 5.32 Å². The number of nitrogens with two attached hydrogens (primary N) is 2. The van der Waals surface area contributed by atoms with Crippen molar-refractivity contribution >= 4 is 11.6 Å². The standard InChI is InChI=1S/C12H14ClN3/c13-12(8-9-4-2-1-3-5-9)11(15)10(14)6-7-16-12/h1-7,16H,8,14-15H2. The molecule has 0 bridgehead atoms. The Hall–Kier alpha value is -1.61. The third-order valence-corrected chi connectivity index (χ3v) is 3.05. The van der Waals surface area contributed by atoms with Gasteiger partial charge in [-0.05, 0) is 11.6 Å². The summed E-state index contributed by atoms with van der Waals surface area (Å²) in [5.41, 5.74) is 13.8. The van der Waals surface area contributed by atoms with E-state index in [2.05, 4.69) is 5.32 Å². The zero-order valence-electron chi connectivity index (χ0n) is 8.78. The highest BCUT2D eigenvalue weighted by Crippen LogP contribution is 2.27. The van der Waals surface area contributed by atoms with Gasteiger partial charge in [0.1, 0.15) is 0 Å². The molecule has 0 spiro atoms. The molecule has 5 N–H and O–H groups in total. The lowest BCUT2D eigenvalue weighted by atomic mass is 10.00. The molecular weight excluding hydrogens is 222 g/mol. The van der Waals surface area contributed by atoms with Gasteiger partial charge in [0.2, 0.25) is 0 Å². The van der Waals surface area contributed by atoms with E-state index in [0.29, 0.717) is 17.8 Å². The molecule has 1 aromatic carbocycles.